The van der Waals surface area contributed by atoms with E-state index >= 15 is 8.78 Å². The molecule has 10 heteroatoms. The fraction of sp³-hybridized carbons (Fsp3) is 0.324. The summed E-state index contributed by atoms with van der Waals surface area (Å²) < 4.78 is 122. The SMILES string of the molecule is CCCCCC1CCC(c2ccc(-c3ccc(-c4cc(F)c(C(F)(F)Oc5cc(F)c(C#N)c(F)c5)c(F)c4)c(F)c3)c(F)c2)CC1. The Kier molecular flexibility index (Phi) is 10.2. The Labute approximate surface area is 267 Å². The third kappa shape index (κ3) is 7.45. The van der Waals surface area contributed by atoms with Crippen LogP contribution in [-0.4, -0.2) is 0 Å². The molecule has 0 N–H and O–H groups in total. The van der Waals surface area contributed by atoms with Gasteiger partial charge in [-0.15, -0.1) is 0 Å². The van der Waals surface area contributed by atoms with Crippen LogP contribution in [0.25, 0.3) is 22.3 Å². The largest absolute Gasteiger partial charge is 0.432 e. The summed E-state index contributed by atoms with van der Waals surface area (Å²) in [7, 11) is 0. The first-order chi connectivity index (χ1) is 22.4. The van der Waals surface area contributed by atoms with Crippen LogP contribution in [0.4, 0.5) is 35.1 Å². The molecule has 0 amide bonds. The van der Waals surface area contributed by atoms with E-state index in [1.807, 2.05) is 6.07 Å². The summed E-state index contributed by atoms with van der Waals surface area (Å²) in [5, 5.41) is 8.72. The van der Waals surface area contributed by atoms with Crippen LogP contribution in [0.15, 0.2) is 60.7 Å². The number of hydrogen-bond donors (Lipinski definition) is 0. The molecular weight excluding hydrogens is 626 g/mol. The van der Waals surface area contributed by atoms with Gasteiger partial charge >= 0.3 is 6.11 Å². The standard InChI is InChI=1S/C37H31F8NO/c1-2-3-4-5-21-6-8-22(9-7-21)23-10-12-27(30(38)14-23)24-11-13-28(31(39)15-24)25-16-34(42)36(35(43)17-25)37(44,45)47-26-18-32(40)29(20-46)33(41)19-26/h10-19,21-22H,2-9H2,1H3. The van der Waals surface area contributed by atoms with Crippen LogP contribution in [0.3, 0.4) is 0 Å². The second-order valence-corrected chi connectivity index (χ2v) is 12.0. The van der Waals surface area contributed by atoms with E-state index in [0.717, 1.165) is 43.4 Å². The topological polar surface area (TPSA) is 33.0 Å². The van der Waals surface area contributed by atoms with Crippen molar-refractivity contribution in [3.63, 3.8) is 0 Å². The van der Waals surface area contributed by atoms with E-state index in [0.29, 0.717) is 18.1 Å². The van der Waals surface area contributed by atoms with E-state index in [1.54, 1.807) is 6.07 Å². The lowest BCUT2D eigenvalue weighted by molar-refractivity contribution is -0.189. The van der Waals surface area contributed by atoms with Gasteiger partial charge in [-0.25, -0.2) is 26.3 Å². The first kappa shape index (κ1) is 34.0. The lowest BCUT2D eigenvalue weighted by Crippen LogP contribution is -2.25. The van der Waals surface area contributed by atoms with Gasteiger partial charge in [-0.2, -0.15) is 14.0 Å². The Morgan fingerprint density at radius 1 is 0.702 bits per heavy atom. The number of nitrogens with zero attached hydrogens (tertiary/aromatic N) is 1. The highest BCUT2D eigenvalue weighted by atomic mass is 19.3. The maximum atomic E-state index is 15.3. The highest BCUT2D eigenvalue weighted by molar-refractivity contribution is 5.72. The Hall–Kier alpha value is -4.39. The summed E-state index contributed by atoms with van der Waals surface area (Å²) in [6.45, 7) is 2.18. The molecule has 1 aliphatic rings. The van der Waals surface area contributed by atoms with Gasteiger partial charge < -0.3 is 4.74 Å². The second kappa shape index (κ2) is 14.2. The third-order valence-electron chi connectivity index (χ3n) is 8.82. The minimum absolute atomic E-state index is 0.132. The zero-order chi connectivity index (χ0) is 33.9. The van der Waals surface area contributed by atoms with Crippen molar-refractivity contribution < 1.29 is 39.9 Å². The van der Waals surface area contributed by atoms with Crippen LogP contribution in [0, 0.1) is 52.2 Å². The number of ether oxygens (including phenoxy) is 1. The number of alkyl halides is 2. The molecule has 1 saturated carbocycles. The fourth-order valence-corrected chi connectivity index (χ4v) is 6.32. The number of unbranched alkanes of at least 4 members (excludes halogenated alkanes) is 2. The molecule has 47 heavy (non-hydrogen) atoms. The van der Waals surface area contributed by atoms with Gasteiger partial charge in [0.05, 0.1) is 0 Å². The van der Waals surface area contributed by atoms with Crippen LogP contribution < -0.4 is 4.74 Å². The first-order valence-corrected chi connectivity index (χ1v) is 15.5. The average Bonchev–Trinajstić information content (AvgIpc) is 3.00. The Bertz CT molecular complexity index is 1760. The number of rotatable bonds is 10. The molecule has 0 unspecified atom stereocenters. The van der Waals surface area contributed by atoms with Gasteiger partial charge in [0.25, 0.3) is 0 Å². The molecule has 0 aliphatic heterocycles. The summed E-state index contributed by atoms with van der Waals surface area (Å²) >= 11 is 0. The molecule has 0 radical (unpaired) electrons. The number of hydrogen-bond acceptors (Lipinski definition) is 2. The lowest BCUT2D eigenvalue weighted by Gasteiger charge is -2.29. The van der Waals surface area contributed by atoms with Gasteiger partial charge in [-0.1, -0.05) is 56.9 Å². The van der Waals surface area contributed by atoms with Gasteiger partial charge in [-0.05, 0) is 78.5 Å². The van der Waals surface area contributed by atoms with Crippen molar-refractivity contribution in [2.75, 3.05) is 0 Å². The van der Waals surface area contributed by atoms with Crippen molar-refractivity contribution in [2.24, 2.45) is 5.92 Å². The molecule has 0 spiro atoms. The summed E-state index contributed by atoms with van der Waals surface area (Å²) in [6, 6.07) is 11.0. The van der Waals surface area contributed by atoms with Gasteiger partial charge in [-0.3, -0.25) is 0 Å². The lowest BCUT2D eigenvalue weighted by atomic mass is 9.77. The van der Waals surface area contributed by atoms with E-state index in [1.165, 1.54) is 43.9 Å². The molecule has 4 aromatic rings. The van der Waals surface area contributed by atoms with Gasteiger partial charge in [0.2, 0.25) is 0 Å². The molecule has 4 aromatic carbocycles. The Balaban J connectivity index is 1.33. The molecule has 5 rings (SSSR count). The molecule has 0 bridgehead atoms. The van der Waals surface area contributed by atoms with E-state index < -0.39 is 63.5 Å². The van der Waals surface area contributed by atoms with Crippen molar-refractivity contribution in [3.05, 3.63) is 112 Å². The second-order valence-electron chi connectivity index (χ2n) is 12.0. The highest BCUT2D eigenvalue weighted by Crippen LogP contribution is 2.41. The average molecular weight is 658 g/mol. The zero-order valence-corrected chi connectivity index (χ0v) is 25.5. The van der Waals surface area contributed by atoms with Gasteiger partial charge in [0, 0.05) is 23.3 Å². The molecule has 0 heterocycles. The molecular formula is C37H31F8NO. The molecule has 0 saturated heterocycles. The van der Waals surface area contributed by atoms with Crippen molar-refractivity contribution in [1.29, 1.82) is 5.26 Å². The van der Waals surface area contributed by atoms with Crippen molar-refractivity contribution in [3.8, 4) is 34.1 Å². The van der Waals surface area contributed by atoms with Crippen LogP contribution in [-0.2, 0) is 6.11 Å². The number of benzene rings is 4. The zero-order valence-electron chi connectivity index (χ0n) is 25.5. The van der Waals surface area contributed by atoms with Crippen LogP contribution in [0.1, 0.15) is 80.9 Å². The van der Waals surface area contributed by atoms with E-state index in [2.05, 4.69) is 11.7 Å². The minimum atomic E-state index is -4.75. The smallest absolute Gasteiger partial charge is 0.429 e. The fourth-order valence-electron chi connectivity index (χ4n) is 6.32. The van der Waals surface area contributed by atoms with E-state index in [9.17, 15) is 26.3 Å². The minimum Gasteiger partial charge on any atom is -0.429 e. The first-order valence-electron chi connectivity index (χ1n) is 15.5. The predicted octanol–water partition coefficient (Wildman–Crippen LogP) is 11.7. The van der Waals surface area contributed by atoms with Crippen LogP contribution in [0.5, 0.6) is 5.75 Å². The van der Waals surface area contributed by atoms with Gasteiger partial charge in [0.15, 0.2) is 0 Å². The Morgan fingerprint density at radius 3 is 1.85 bits per heavy atom. The maximum absolute atomic E-state index is 15.3. The molecule has 1 fully saturated rings. The normalized spacial score (nSPS) is 16.6. The summed E-state index contributed by atoms with van der Waals surface area (Å²) in [6.07, 6.45) is 4.31. The summed E-state index contributed by atoms with van der Waals surface area (Å²) in [4.78, 5) is 0. The Morgan fingerprint density at radius 2 is 1.28 bits per heavy atom. The van der Waals surface area contributed by atoms with Crippen molar-refractivity contribution in [1.82, 2.24) is 0 Å². The third-order valence-corrected chi connectivity index (χ3v) is 8.82. The quantitative estimate of drug-likeness (QED) is 0.126. The monoisotopic (exact) mass is 657 g/mol. The molecule has 246 valence electrons. The van der Waals surface area contributed by atoms with E-state index in [-0.39, 0.29) is 34.7 Å². The highest BCUT2D eigenvalue weighted by Gasteiger charge is 2.41. The van der Waals surface area contributed by atoms with E-state index in [4.69, 9.17) is 5.26 Å². The maximum Gasteiger partial charge on any atom is 0.432 e. The predicted molar refractivity (Wildman–Crippen MR) is 162 cm³/mol. The molecule has 0 aromatic heterocycles. The van der Waals surface area contributed by atoms with Crippen LogP contribution >= 0.6 is 0 Å². The summed E-state index contributed by atoms with van der Waals surface area (Å²) in [5.41, 5.74) is -2.51. The number of nitriles is 1. The van der Waals surface area contributed by atoms with Crippen molar-refractivity contribution >= 4 is 0 Å². The van der Waals surface area contributed by atoms with Crippen molar-refractivity contribution in [2.45, 2.75) is 70.3 Å². The molecule has 0 atom stereocenters. The van der Waals surface area contributed by atoms with Gasteiger partial charge in [0.1, 0.15) is 57.8 Å². The molecule has 2 nitrogen and oxygen atoms in total. The number of halogens is 8. The molecule has 1 aliphatic carbocycles. The van der Waals surface area contributed by atoms with Crippen LogP contribution in [0.2, 0.25) is 0 Å². The summed E-state index contributed by atoms with van der Waals surface area (Å²) in [5.74, 6) is -8.36.